The van der Waals surface area contributed by atoms with Crippen LogP contribution >= 0.6 is 0 Å². The minimum absolute atomic E-state index is 0.0202. The number of piperidine rings is 1. The summed E-state index contributed by atoms with van der Waals surface area (Å²) >= 11 is 0. The van der Waals surface area contributed by atoms with Gasteiger partial charge in [0.1, 0.15) is 17.3 Å². The summed E-state index contributed by atoms with van der Waals surface area (Å²) in [7, 11) is 1.55. The van der Waals surface area contributed by atoms with E-state index in [-0.39, 0.29) is 24.6 Å². The van der Waals surface area contributed by atoms with Crippen molar-refractivity contribution in [2.75, 3.05) is 37.4 Å². The SMILES string of the molecule is COc1ccccc1NC(=O)Nc1ccnn1C1CCN(C(=O)COc2ccccc2)CC1. The van der Waals surface area contributed by atoms with Crippen LogP contribution in [0.2, 0.25) is 0 Å². The van der Waals surface area contributed by atoms with Crippen LogP contribution in [0, 0.1) is 0 Å². The number of urea groups is 1. The molecule has 0 unspecified atom stereocenters. The minimum Gasteiger partial charge on any atom is -0.495 e. The van der Waals surface area contributed by atoms with E-state index in [1.54, 1.807) is 31.5 Å². The maximum Gasteiger partial charge on any atom is 0.324 e. The van der Waals surface area contributed by atoms with Gasteiger partial charge in [-0.05, 0) is 37.1 Å². The lowest BCUT2D eigenvalue weighted by atomic mass is 10.1. The summed E-state index contributed by atoms with van der Waals surface area (Å²) in [4.78, 5) is 26.8. The van der Waals surface area contributed by atoms with Crippen molar-refractivity contribution in [3.63, 3.8) is 0 Å². The zero-order valence-corrected chi connectivity index (χ0v) is 18.4. The fourth-order valence-electron chi connectivity index (χ4n) is 3.83. The van der Waals surface area contributed by atoms with Crippen molar-refractivity contribution < 1.29 is 19.1 Å². The largest absolute Gasteiger partial charge is 0.495 e. The summed E-state index contributed by atoms with van der Waals surface area (Å²) in [6.45, 7) is 1.23. The van der Waals surface area contributed by atoms with Gasteiger partial charge in [-0.2, -0.15) is 5.10 Å². The molecule has 1 fully saturated rings. The van der Waals surface area contributed by atoms with Gasteiger partial charge < -0.3 is 19.7 Å². The smallest absolute Gasteiger partial charge is 0.324 e. The van der Waals surface area contributed by atoms with Gasteiger partial charge >= 0.3 is 6.03 Å². The van der Waals surface area contributed by atoms with Gasteiger partial charge in [0.2, 0.25) is 0 Å². The molecule has 33 heavy (non-hydrogen) atoms. The lowest BCUT2D eigenvalue weighted by Gasteiger charge is -2.32. The molecule has 0 atom stereocenters. The average Bonchev–Trinajstić information content (AvgIpc) is 3.31. The van der Waals surface area contributed by atoms with Crippen LogP contribution in [0.25, 0.3) is 0 Å². The predicted molar refractivity (Wildman–Crippen MR) is 125 cm³/mol. The number of methoxy groups -OCH3 is 1. The van der Waals surface area contributed by atoms with E-state index in [2.05, 4.69) is 15.7 Å². The van der Waals surface area contributed by atoms with E-state index in [1.807, 2.05) is 52.0 Å². The number of nitrogens with one attached hydrogen (secondary N) is 2. The highest BCUT2D eigenvalue weighted by molar-refractivity contribution is 6.00. The van der Waals surface area contributed by atoms with Gasteiger partial charge in [-0.15, -0.1) is 0 Å². The van der Waals surface area contributed by atoms with Crippen molar-refractivity contribution in [1.82, 2.24) is 14.7 Å². The fraction of sp³-hybridized carbons (Fsp3) is 0.292. The van der Waals surface area contributed by atoms with Crippen LogP contribution in [0.4, 0.5) is 16.3 Å². The van der Waals surface area contributed by atoms with E-state index in [4.69, 9.17) is 9.47 Å². The number of anilines is 2. The first-order chi connectivity index (χ1) is 16.1. The zero-order valence-electron chi connectivity index (χ0n) is 18.4. The van der Waals surface area contributed by atoms with E-state index >= 15 is 0 Å². The molecule has 1 aliphatic rings. The highest BCUT2D eigenvalue weighted by Gasteiger charge is 2.26. The summed E-state index contributed by atoms with van der Waals surface area (Å²) in [6.07, 6.45) is 3.13. The molecular weight excluding hydrogens is 422 g/mol. The normalized spacial score (nSPS) is 13.9. The van der Waals surface area contributed by atoms with E-state index in [1.165, 1.54) is 0 Å². The maximum atomic E-state index is 12.5. The first-order valence-electron chi connectivity index (χ1n) is 10.8. The molecule has 2 N–H and O–H groups in total. The highest BCUT2D eigenvalue weighted by Crippen LogP contribution is 2.27. The molecule has 3 aromatic rings. The Bertz CT molecular complexity index is 1080. The Balaban J connectivity index is 1.29. The molecule has 9 nitrogen and oxygen atoms in total. The second-order valence-electron chi connectivity index (χ2n) is 7.65. The lowest BCUT2D eigenvalue weighted by molar-refractivity contribution is -0.134. The Labute approximate surface area is 192 Å². The second kappa shape index (κ2) is 10.5. The molecule has 4 rings (SSSR count). The molecule has 172 valence electrons. The standard InChI is InChI=1S/C24H27N5O4/c1-32-21-10-6-5-9-20(21)26-24(31)27-22-11-14-25-29(22)18-12-15-28(16-13-18)23(30)17-33-19-7-3-2-4-8-19/h2-11,14,18H,12-13,15-17H2,1H3,(H2,26,27,31). The summed E-state index contributed by atoms with van der Waals surface area (Å²) in [5.74, 6) is 1.82. The molecule has 0 bridgehead atoms. The number of carbonyl (C=O) groups is 2. The molecule has 0 aliphatic carbocycles. The van der Waals surface area contributed by atoms with Crippen molar-refractivity contribution in [2.45, 2.75) is 18.9 Å². The van der Waals surface area contributed by atoms with Crippen molar-refractivity contribution >= 4 is 23.4 Å². The fourth-order valence-corrected chi connectivity index (χ4v) is 3.83. The van der Waals surface area contributed by atoms with E-state index in [0.29, 0.717) is 36.1 Å². The molecule has 2 aromatic carbocycles. The third-order valence-corrected chi connectivity index (χ3v) is 5.54. The molecular formula is C24H27N5O4. The molecule has 0 radical (unpaired) electrons. The number of rotatable bonds is 7. The third kappa shape index (κ3) is 5.62. The number of carbonyl (C=O) groups excluding carboxylic acids is 2. The molecule has 0 saturated carbocycles. The van der Waals surface area contributed by atoms with Crippen LogP contribution in [0.5, 0.6) is 11.5 Å². The Hall–Kier alpha value is -4.01. The van der Waals surface area contributed by atoms with Gasteiger partial charge in [0.15, 0.2) is 6.61 Å². The Morgan fingerprint density at radius 1 is 1.00 bits per heavy atom. The van der Waals surface area contributed by atoms with Crippen molar-refractivity contribution in [2.24, 2.45) is 0 Å². The summed E-state index contributed by atoms with van der Waals surface area (Å²) in [5.41, 5.74) is 0.577. The molecule has 1 aromatic heterocycles. The van der Waals surface area contributed by atoms with Crippen LogP contribution in [0.15, 0.2) is 66.9 Å². The van der Waals surface area contributed by atoms with Crippen LogP contribution < -0.4 is 20.1 Å². The van der Waals surface area contributed by atoms with E-state index < -0.39 is 0 Å². The monoisotopic (exact) mass is 449 g/mol. The molecule has 2 heterocycles. The third-order valence-electron chi connectivity index (χ3n) is 5.54. The van der Waals surface area contributed by atoms with Gasteiger partial charge in [0, 0.05) is 19.2 Å². The number of aromatic nitrogens is 2. The van der Waals surface area contributed by atoms with E-state index in [0.717, 1.165) is 12.8 Å². The topological polar surface area (TPSA) is 97.7 Å². The number of amides is 3. The summed E-state index contributed by atoms with van der Waals surface area (Å²) in [5, 5.41) is 10.1. The summed E-state index contributed by atoms with van der Waals surface area (Å²) in [6, 6.07) is 18.0. The molecule has 1 aliphatic heterocycles. The van der Waals surface area contributed by atoms with Crippen LogP contribution in [0.1, 0.15) is 18.9 Å². The quantitative estimate of drug-likeness (QED) is 0.572. The van der Waals surface area contributed by atoms with Gasteiger partial charge in [0.25, 0.3) is 5.91 Å². The number of benzene rings is 2. The van der Waals surface area contributed by atoms with E-state index in [9.17, 15) is 9.59 Å². The zero-order chi connectivity index (χ0) is 23.0. The lowest BCUT2D eigenvalue weighted by Crippen LogP contribution is -2.41. The van der Waals surface area contributed by atoms with Crippen molar-refractivity contribution in [1.29, 1.82) is 0 Å². The number of para-hydroxylation sites is 3. The van der Waals surface area contributed by atoms with Gasteiger partial charge in [0.05, 0.1) is 25.0 Å². The Kier molecular flexibility index (Phi) is 7.09. The number of likely N-dealkylation sites (tertiary alicyclic amines) is 1. The Morgan fingerprint density at radius 2 is 1.73 bits per heavy atom. The highest BCUT2D eigenvalue weighted by atomic mass is 16.5. The van der Waals surface area contributed by atoms with Crippen LogP contribution in [-0.2, 0) is 4.79 Å². The van der Waals surface area contributed by atoms with Crippen LogP contribution in [-0.4, -0.2) is 53.4 Å². The summed E-state index contributed by atoms with van der Waals surface area (Å²) < 4.78 is 12.7. The number of nitrogens with zero attached hydrogens (tertiary/aromatic N) is 3. The average molecular weight is 450 g/mol. The molecule has 0 spiro atoms. The molecule has 9 heteroatoms. The first-order valence-corrected chi connectivity index (χ1v) is 10.8. The van der Waals surface area contributed by atoms with Gasteiger partial charge in [-0.1, -0.05) is 30.3 Å². The van der Waals surface area contributed by atoms with Crippen molar-refractivity contribution in [3.05, 3.63) is 66.9 Å². The second-order valence-corrected chi connectivity index (χ2v) is 7.65. The number of hydrogen-bond donors (Lipinski definition) is 2. The Morgan fingerprint density at radius 3 is 2.48 bits per heavy atom. The van der Waals surface area contributed by atoms with Gasteiger partial charge in [-0.25, -0.2) is 9.48 Å². The maximum absolute atomic E-state index is 12.5. The van der Waals surface area contributed by atoms with Crippen LogP contribution in [0.3, 0.4) is 0 Å². The molecule has 3 amide bonds. The van der Waals surface area contributed by atoms with Gasteiger partial charge in [-0.3, -0.25) is 10.1 Å². The minimum atomic E-state index is -0.382. The number of ether oxygens (including phenoxy) is 2. The number of hydrogen-bond acceptors (Lipinski definition) is 5. The predicted octanol–water partition coefficient (Wildman–Crippen LogP) is 3.78. The molecule has 1 saturated heterocycles. The first kappa shape index (κ1) is 22.2. The van der Waals surface area contributed by atoms with Crippen molar-refractivity contribution in [3.8, 4) is 11.5 Å².